The molecule has 134 valence electrons. The Kier molecular flexibility index (Phi) is 5.04. The highest BCUT2D eigenvalue weighted by Gasteiger charge is 2.24. The number of benzene rings is 1. The van der Waals surface area contributed by atoms with Gasteiger partial charge in [0.15, 0.2) is 10.7 Å². The maximum absolute atomic E-state index is 12.6. The molecule has 0 aliphatic carbocycles. The second kappa shape index (κ2) is 7.40. The Balaban J connectivity index is 2.12. The molecule has 0 saturated carbocycles. The Morgan fingerprint density at radius 2 is 1.96 bits per heavy atom. The van der Waals surface area contributed by atoms with Crippen molar-refractivity contribution in [3.63, 3.8) is 0 Å². The second-order valence-corrected chi connectivity index (χ2v) is 6.50. The van der Waals surface area contributed by atoms with Crippen LogP contribution in [0.3, 0.4) is 0 Å². The van der Waals surface area contributed by atoms with Crippen molar-refractivity contribution in [3.05, 3.63) is 65.1 Å². The van der Waals surface area contributed by atoms with E-state index in [-0.39, 0.29) is 5.70 Å². The van der Waals surface area contributed by atoms with Gasteiger partial charge in [0.1, 0.15) is 0 Å². The van der Waals surface area contributed by atoms with Crippen molar-refractivity contribution in [2.75, 3.05) is 21.2 Å². The van der Waals surface area contributed by atoms with E-state index in [1.807, 2.05) is 22.0 Å². The monoisotopic (exact) mass is 370 g/mol. The van der Waals surface area contributed by atoms with Gasteiger partial charge in [-0.1, -0.05) is 18.2 Å². The van der Waals surface area contributed by atoms with Crippen LogP contribution < -0.4 is 5.32 Å². The van der Waals surface area contributed by atoms with Crippen LogP contribution in [-0.4, -0.2) is 47.4 Å². The van der Waals surface area contributed by atoms with E-state index in [0.717, 1.165) is 4.96 Å². The first kappa shape index (κ1) is 17.7. The van der Waals surface area contributed by atoms with Crippen LogP contribution in [0.4, 0.5) is 0 Å². The van der Waals surface area contributed by atoms with Crippen molar-refractivity contribution >= 4 is 33.9 Å². The third kappa shape index (κ3) is 3.31. The third-order valence-corrected chi connectivity index (χ3v) is 4.51. The van der Waals surface area contributed by atoms with E-state index in [0.29, 0.717) is 17.0 Å². The van der Waals surface area contributed by atoms with Gasteiger partial charge in [0, 0.05) is 31.2 Å². The first-order chi connectivity index (χ1) is 12.5. The highest BCUT2D eigenvalue weighted by atomic mass is 32.1. The first-order valence-electron chi connectivity index (χ1n) is 7.80. The fourth-order valence-corrected chi connectivity index (χ4v) is 3.26. The summed E-state index contributed by atoms with van der Waals surface area (Å²) in [6.45, 7) is 0. The molecule has 3 rings (SSSR count). The van der Waals surface area contributed by atoms with Gasteiger partial charge in [-0.2, -0.15) is 0 Å². The van der Waals surface area contributed by atoms with Crippen molar-refractivity contribution in [2.24, 2.45) is 0 Å². The Morgan fingerprint density at radius 3 is 2.62 bits per heavy atom. The number of ether oxygens (including phenoxy) is 1. The van der Waals surface area contributed by atoms with Crippen molar-refractivity contribution in [1.29, 1.82) is 0 Å². The lowest BCUT2D eigenvalue weighted by Crippen LogP contribution is -2.32. The molecule has 26 heavy (non-hydrogen) atoms. The number of thiazole rings is 1. The number of amides is 1. The standard InChI is InChI=1S/C18H18N4O3S/c1-21(2)15(13-11-19-18-22(13)9-10-26-18)14(17(24)25-3)20-16(23)12-7-5-4-6-8-12/h4-11H,1-3H3,(H,20,23)/b15-14-. The topological polar surface area (TPSA) is 75.9 Å². The minimum atomic E-state index is -0.636. The maximum atomic E-state index is 12.6. The molecule has 0 saturated heterocycles. The summed E-state index contributed by atoms with van der Waals surface area (Å²) in [5.41, 5.74) is 1.69. The lowest BCUT2D eigenvalue weighted by molar-refractivity contribution is -0.136. The molecule has 2 heterocycles. The van der Waals surface area contributed by atoms with E-state index in [9.17, 15) is 9.59 Å². The summed E-state index contributed by atoms with van der Waals surface area (Å²) in [7, 11) is 4.86. The molecular weight excluding hydrogens is 352 g/mol. The fraction of sp³-hybridized carbons (Fsp3) is 0.167. The Hall–Kier alpha value is -3.13. The largest absolute Gasteiger partial charge is 0.464 e. The summed E-state index contributed by atoms with van der Waals surface area (Å²) in [6.07, 6.45) is 3.53. The molecule has 0 radical (unpaired) electrons. The average molecular weight is 370 g/mol. The molecule has 0 aliphatic rings. The number of rotatable bonds is 5. The van der Waals surface area contributed by atoms with Crippen molar-refractivity contribution in [1.82, 2.24) is 19.6 Å². The van der Waals surface area contributed by atoms with Gasteiger partial charge in [-0.05, 0) is 12.1 Å². The number of carbonyl (C=O) groups excluding carboxylic acids is 2. The summed E-state index contributed by atoms with van der Waals surface area (Å²) in [4.78, 5) is 31.9. The Morgan fingerprint density at radius 1 is 1.23 bits per heavy atom. The van der Waals surface area contributed by atoms with E-state index in [1.54, 1.807) is 49.5 Å². The van der Waals surface area contributed by atoms with E-state index >= 15 is 0 Å². The Bertz CT molecular complexity index is 973. The molecular formula is C18H18N4O3S. The molecule has 0 atom stereocenters. The molecule has 0 unspecified atom stereocenters. The summed E-state index contributed by atoms with van der Waals surface area (Å²) in [6, 6.07) is 8.69. The molecule has 8 heteroatoms. The quantitative estimate of drug-likeness (QED) is 0.551. The zero-order valence-electron chi connectivity index (χ0n) is 14.6. The van der Waals surface area contributed by atoms with Crippen molar-refractivity contribution < 1.29 is 14.3 Å². The molecule has 3 aromatic rings. The van der Waals surface area contributed by atoms with Crippen LogP contribution in [0.2, 0.25) is 0 Å². The number of imidazole rings is 1. The number of hydrogen-bond acceptors (Lipinski definition) is 6. The lowest BCUT2D eigenvalue weighted by atomic mass is 10.2. The number of fused-ring (bicyclic) bond motifs is 1. The van der Waals surface area contributed by atoms with E-state index in [4.69, 9.17) is 4.74 Å². The van der Waals surface area contributed by atoms with E-state index < -0.39 is 11.9 Å². The summed E-state index contributed by atoms with van der Waals surface area (Å²) in [5.74, 6) is -1.03. The van der Waals surface area contributed by atoms with Gasteiger partial charge in [-0.3, -0.25) is 9.20 Å². The zero-order chi connectivity index (χ0) is 18.7. The van der Waals surface area contributed by atoms with Crippen molar-refractivity contribution in [3.8, 4) is 0 Å². The number of esters is 1. The van der Waals surface area contributed by atoms with Gasteiger partial charge in [0.2, 0.25) is 0 Å². The minimum absolute atomic E-state index is 0.0550. The predicted octanol–water partition coefficient (Wildman–Crippen LogP) is 2.23. The number of nitrogens with zero attached hydrogens (tertiary/aromatic N) is 3. The number of aromatic nitrogens is 2. The van der Waals surface area contributed by atoms with Gasteiger partial charge < -0.3 is 15.0 Å². The van der Waals surface area contributed by atoms with Crippen molar-refractivity contribution in [2.45, 2.75) is 0 Å². The summed E-state index contributed by atoms with van der Waals surface area (Å²) >= 11 is 1.48. The van der Waals surface area contributed by atoms with E-state index in [1.165, 1.54) is 18.4 Å². The predicted molar refractivity (Wildman–Crippen MR) is 99.6 cm³/mol. The summed E-state index contributed by atoms with van der Waals surface area (Å²) in [5, 5.41) is 4.60. The smallest absolute Gasteiger partial charge is 0.356 e. The number of hydrogen-bond donors (Lipinski definition) is 1. The number of carbonyl (C=O) groups is 2. The molecule has 0 spiro atoms. The van der Waals surface area contributed by atoms with Gasteiger partial charge in [-0.15, -0.1) is 11.3 Å². The first-order valence-corrected chi connectivity index (χ1v) is 8.68. The van der Waals surface area contributed by atoms with Crippen LogP contribution in [0.15, 0.2) is 53.8 Å². The molecule has 7 nitrogen and oxygen atoms in total. The molecule has 0 fully saturated rings. The molecule has 1 aromatic carbocycles. The van der Waals surface area contributed by atoms with Gasteiger partial charge in [0.25, 0.3) is 5.91 Å². The molecule has 1 N–H and O–H groups in total. The van der Waals surface area contributed by atoms with Crippen LogP contribution >= 0.6 is 11.3 Å². The molecule has 0 bridgehead atoms. The molecule has 1 amide bonds. The lowest BCUT2D eigenvalue weighted by Gasteiger charge is -2.21. The highest BCUT2D eigenvalue weighted by Crippen LogP contribution is 2.24. The molecule has 0 aliphatic heterocycles. The van der Waals surface area contributed by atoms with Gasteiger partial charge in [0.05, 0.1) is 24.7 Å². The van der Waals surface area contributed by atoms with E-state index in [2.05, 4.69) is 10.3 Å². The minimum Gasteiger partial charge on any atom is -0.464 e. The summed E-state index contributed by atoms with van der Waals surface area (Å²) < 4.78 is 6.77. The number of nitrogens with one attached hydrogen (secondary N) is 1. The van der Waals surface area contributed by atoms with Crippen LogP contribution in [0.25, 0.3) is 10.7 Å². The highest BCUT2D eigenvalue weighted by molar-refractivity contribution is 7.15. The second-order valence-electron chi connectivity index (χ2n) is 5.63. The zero-order valence-corrected chi connectivity index (χ0v) is 15.4. The number of methoxy groups -OCH3 is 1. The van der Waals surface area contributed by atoms with Crippen LogP contribution in [0, 0.1) is 0 Å². The van der Waals surface area contributed by atoms with Gasteiger partial charge >= 0.3 is 5.97 Å². The average Bonchev–Trinajstić information content (AvgIpc) is 3.25. The third-order valence-electron chi connectivity index (χ3n) is 3.74. The maximum Gasteiger partial charge on any atom is 0.356 e. The molecule has 2 aromatic heterocycles. The fourth-order valence-electron chi connectivity index (χ4n) is 2.57. The van der Waals surface area contributed by atoms with Crippen LogP contribution in [0.1, 0.15) is 16.1 Å². The van der Waals surface area contributed by atoms with Crippen LogP contribution in [0.5, 0.6) is 0 Å². The Labute approximate surface area is 154 Å². The van der Waals surface area contributed by atoms with Crippen LogP contribution in [-0.2, 0) is 9.53 Å². The normalized spacial score (nSPS) is 11.8. The SMILES string of the molecule is COC(=O)/C(NC(=O)c1ccccc1)=C(\c1cnc2sccn12)N(C)C. The van der Waals surface area contributed by atoms with Gasteiger partial charge in [-0.25, -0.2) is 9.78 Å².